The molecule has 0 aliphatic rings. The van der Waals surface area contributed by atoms with Gasteiger partial charge in [-0.05, 0) is 0 Å². The van der Waals surface area contributed by atoms with Gasteiger partial charge in [0, 0.05) is 0 Å². The molecule has 0 aromatic heterocycles. The van der Waals surface area contributed by atoms with Crippen molar-refractivity contribution in [3.63, 3.8) is 0 Å². The summed E-state index contributed by atoms with van der Waals surface area (Å²) in [4.78, 5) is 0. The monoisotopic (exact) mass is 244 g/mol. The molecule has 0 radical (unpaired) electrons. The molecular formula is C18H21Li. The first-order chi connectivity index (χ1) is 9.16. The predicted octanol–water partition coefficient (Wildman–Crippen LogP) is 4.53. The zero-order valence-electron chi connectivity index (χ0n) is 12.3. The molecule has 19 heavy (non-hydrogen) atoms. The van der Waals surface area contributed by atoms with Crippen molar-refractivity contribution in [2.24, 2.45) is 5.92 Å². The van der Waals surface area contributed by atoms with Crippen molar-refractivity contribution in [3.05, 3.63) is 71.8 Å². The molecule has 0 N–H and O–H groups in total. The molecule has 94 valence electrons. The Kier molecular flexibility index (Phi) is 4.91. The number of benzene rings is 2. The van der Waals surface area contributed by atoms with Crippen molar-refractivity contribution < 1.29 is 0 Å². The van der Waals surface area contributed by atoms with Gasteiger partial charge in [0.25, 0.3) is 0 Å². The van der Waals surface area contributed by atoms with E-state index in [1.54, 1.807) is 0 Å². The van der Waals surface area contributed by atoms with Crippen molar-refractivity contribution in [3.8, 4) is 0 Å². The van der Waals surface area contributed by atoms with Gasteiger partial charge in [0.1, 0.15) is 0 Å². The van der Waals surface area contributed by atoms with Gasteiger partial charge in [-0.1, -0.05) is 0 Å². The second-order valence-corrected chi connectivity index (χ2v) is 5.78. The molecule has 1 atom stereocenters. The summed E-state index contributed by atoms with van der Waals surface area (Å²) in [5.41, 5.74) is 2.84. The van der Waals surface area contributed by atoms with Crippen molar-refractivity contribution in [2.45, 2.75) is 30.8 Å². The van der Waals surface area contributed by atoms with Crippen LogP contribution in [0, 0.1) is 5.92 Å². The van der Waals surface area contributed by atoms with Crippen LogP contribution in [0.2, 0.25) is 0 Å². The zero-order valence-corrected chi connectivity index (χ0v) is 12.3. The Morgan fingerprint density at radius 1 is 0.895 bits per heavy atom. The Bertz CT molecular complexity index is 450. The molecule has 2 aromatic rings. The fraction of sp³-hybridized carbons (Fsp3) is 0.333. The van der Waals surface area contributed by atoms with Crippen LogP contribution in [0.15, 0.2) is 60.7 Å². The molecule has 0 aliphatic carbocycles. The second kappa shape index (κ2) is 6.46. The molecule has 0 saturated carbocycles. The van der Waals surface area contributed by atoms with Crippen LogP contribution in [0.5, 0.6) is 0 Å². The molecule has 0 bridgehead atoms. The van der Waals surface area contributed by atoms with Gasteiger partial charge in [-0.25, -0.2) is 0 Å². The van der Waals surface area contributed by atoms with Crippen LogP contribution in [0.1, 0.15) is 37.8 Å². The van der Waals surface area contributed by atoms with E-state index in [1.807, 2.05) is 0 Å². The van der Waals surface area contributed by atoms with E-state index < -0.39 is 0 Å². The summed E-state index contributed by atoms with van der Waals surface area (Å²) in [5, 5.41) is 0. The first kappa shape index (κ1) is 14.4. The van der Waals surface area contributed by atoms with E-state index >= 15 is 0 Å². The van der Waals surface area contributed by atoms with Gasteiger partial charge in [0.05, 0.1) is 0 Å². The van der Waals surface area contributed by atoms with E-state index in [1.165, 1.54) is 24.0 Å². The Hall–Kier alpha value is -0.963. The normalized spacial score (nSPS) is 13.3. The second-order valence-electron chi connectivity index (χ2n) is 5.78. The number of hydrogen-bond donors (Lipinski definition) is 0. The van der Waals surface area contributed by atoms with Crippen LogP contribution < -0.4 is 0 Å². The van der Waals surface area contributed by atoms with E-state index in [0.717, 1.165) is 5.92 Å². The molecular weight excluding hydrogens is 223 g/mol. The van der Waals surface area contributed by atoms with E-state index in [0.29, 0.717) is 0 Å². The number of hydrogen-bond acceptors (Lipinski definition) is 0. The summed E-state index contributed by atoms with van der Waals surface area (Å²) in [5.74, 6) is 0.727. The summed E-state index contributed by atoms with van der Waals surface area (Å²) in [6.45, 7) is 4.63. The summed E-state index contributed by atoms with van der Waals surface area (Å²) in [6, 6.07) is 21.8. The molecule has 2 aromatic carbocycles. The molecule has 0 amide bonds. The standard InChI is InChI=1S/C18H21.Li/c1-3-15(2)14-18(16-10-6-4-7-11-16)17-12-8-5-9-13-17;/h4-13,15H,3,14H2,1-2H3;. The molecule has 0 fully saturated rings. The summed E-state index contributed by atoms with van der Waals surface area (Å²) in [6.07, 6.45) is 2.42. The maximum absolute atomic E-state index is 2.38. The average Bonchev–Trinajstić information content (AvgIpc) is 2.48. The molecule has 0 aliphatic heterocycles. The molecule has 2 rings (SSSR count). The maximum atomic E-state index is 2.38. The first-order valence-corrected chi connectivity index (χ1v) is 7.28. The molecule has 0 spiro atoms. The van der Waals surface area contributed by atoms with Crippen molar-refractivity contribution in [1.82, 2.24) is 0 Å². The summed E-state index contributed by atoms with van der Waals surface area (Å²) in [7, 11) is 0. The van der Waals surface area contributed by atoms with Crippen LogP contribution in [0.3, 0.4) is 0 Å². The third-order valence-corrected chi connectivity index (χ3v) is 4.28. The van der Waals surface area contributed by atoms with Gasteiger partial charge in [-0.3, -0.25) is 0 Å². The Morgan fingerprint density at radius 3 is 1.68 bits per heavy atom. The van der Waals surface area contributed by atoms with Gasteiger partial charge >= 0.3 is 126 Å². The van der Waals surface area contributed by atoms with Gasteiger partial charge in [-0.2, -0.15) is 0 Å². The minimum absolute atomic E-state index is 0.109. The Labute approximate surface area is 126 Å². The van der Waals surface area contributed by atoms with Crippen molar-refractivity contribution in [2.75, 3.05) is 0 Å². The molecule has 1 heteroatoms. The van der Waals surface area contributed by atoms with Crippen LogP contribution in [0.4, 0.5) is 0 Å². The van der Waals surface area contributed by atoms with E-state index in [9.17, 15) is 0 Å². The Morgan fingerprint density at radius 2 is 1.32 bits per heavy atom. The number of rotatable bonds is 5. The van der Waals surface area contributed by atoms with E-state index in [4.69, 9.17) is 0 Å². The average molecular weight is 244 g/mol. The summed E-state index contributed by atoms with van der Waals surface area (Å²) < 4.78 is 0.109. The third-order valence-electron chi connectivity index (χ3n) is 4.28. The fourth-order valence-corrected chi connectivity index (χ4v) is 2.86. The topological polar surface area (TPSA) is 0 Å². The van der Waals surface area contributed by atoms with Gasteiger partial charge in [-0.15, -0.1) is 0 Å². The quantitative estimate of drug-likeness (QED) is 0.678. The molecule has 0 heterocycles. The third kappa shape index (κ3) is 3.33. The predicted molar refractivity (Wildman–Crippen MR) is 83.5 cm³/mol. The van der Waals surface area contributed by atoms with E-state index in [-0.39, 0.29) is 4.09 Å². The van der Waals surface area contributed by atoms with Crippen LogP contribution >= 0.6 is 0 Å². The minimum atomic E-state index is 0.109. The van der Waals surface area contributed by atoms with Gasteiger partial charge in [0.2, 0.25) is 0 Å². The first-order valence-electron chi connectivity index (χ1n) is 7.28. The van der Waals surface area contributed by atoms with Gasteiger partial charge in [0.15, 0.2) is 0 Å². The molecule has 0 nitrogen and oxygen atoms in total. The SMILES string of the molecule is [Li][C](CC(C)CC)(c1ccccc1)c1ccccc1. The van der Waals surface area contributed by atoms with Crippen molar-refractivity contribution in [1.29, 1.82) is 0 Å². The van der Waals surface area contributed by atoms with Crippen LogP contribution in [-0.2, 0) is 4.09 Å². The van der Waals surface area contributed by atoms with Crippen LogP contribution in [0.25, 0.3) is 0 Å². The molecule has 0 saturated heterocycles. The fourth-order valence-electron chi connectivity index (χ4n) is 2.86. The zero-order chi connectivity index (χ0) is 13.7. The van der Waals surface area contributed by atoms with Gasteiger partial charge < -0.3 is 0 Å². The van der Waals surface area contributed by atoms with E-state index in [2.05, 4.69) is 92.2 Å². The van der Waals surface area contributed by atoms with Crippen LogP contribution in [-0.4, -0.2) is 17.7 Å². The summed E-state index contributed by atoms with van der Waals surface area (Å²) >= 11 is 2.38. The molecule has 1 unspecified atom stereocenters. The van der Waals surface area contributed by atoms with Crippen molar-refractivity contribution >= 4 is 17.7 Å². The Balaban J connectivity index is 2.44.